The summed E-state index contributed by atoms with van der Waals surface area (Å²) in [6.45, 7) is 0.295. The van der Waals surface area contributed by atoms with Gasteiger partial charge in [-0.15, -0.1) is 0 Å². The predicted molar refractivity (Wildman–Crippen MR) is 60.2 cm³/mol. The fourth-order valence-corrected chi connectivity index (χ4v) is 3.89. The van der Waals surface area contributed by atoms with E-state index in [9.17, 15) is 9.00 Å². The molecule has 0 amide bonds. The van der Waals surface area contributed by atoms with Gasteiger partial charge in [0.2, 0.25) is 0 Å². The van der Waals surface area contributed by atoms with Gasteiger partial charge in [0, 0.05) is 11.0 Å². The van der Waals surface area contributed by atoms with Crippen LogP contribution in [0.25, 0.3) is 0 Å². The van der Waals surface area contributed by atoms with Crippen LogP contribution in [0.3, 0.4) is 0 Å². The summed E-state index contributed by atoms with van der Waals surface area (Å²) in [6.07, 6.45) is 5.58. The lowest BCUT2D eigenvalue weighted by atomic mass is 9.97. The second-order valence-electron chi connectivity index (χ2n) is 4.10. The number of hydrogen-bond donors (Lipinski definition) is 0. The third kappa shape index (κ3) is 2.35. The number of methoxy groups -OCH3 is 1. The number of carbonyl (C=O) groups is 1. The van der Waals surface area contributed by atoms with Crippen LogP contribution >= 0.6 is 0 Å². The van der Waals surface area contributed by atoms with E-state index in [1.54, 1.807) is 0 Å². The maximum atomic E-state index is 12.2. The Morgan fingerprint density at radius 2 is 2.25 bits per heavy atom. The molecule has 4 nitrogen and oxygen atoms in total. The van der Waals surface area contributed by atoms with Gasteiger partial charge in [-0.1, -0.05) is 12.8 Å². The first-order valence-corrected chi connectivity index (χ1v) is 6.74. The second kappa shape index (κ2) is 5.10. The van der Waals surface area contributed by atoms with E-state index in [1.807, 2.05) is 0 Å². The zero-order chi connectivity index (χ0) is 11.5. The monoisotopic (exact) mass is 244 g/mol. The normalized spacial score (nSPS) is 36.8. The van der Waals surface area contributed by atoms with Crippen molar-refractivity contribution in [3.8, 4) is 0 Å². The molecule has 0 radical (unpaired) electrons. The highest BCUT2D eigenvalue weighted by atomic mass is 32.2. The Labute approximate surface area is 97.5 Å². The minimum Gasteiger partial charge on any atom is -0.466 e. The molecule has 2 fully saturated rings. The van der Waals surface area contributed by atoms with Crippen molar-refractivity contribution in [3.63, 3.8) is 0 Å². The van der Waals surface area contributed by atoms with E-state index in [2.05, 4.69) is 4.74 Å². The Morgan fingerprint density at radius 1 is 1.50 bits per heavy atom. The van der Waals surface area contributed by atoms with E-state index < -0.39 is 16.8 Å². The molecule has 0 aromatic carbocycles. The predicted octanol–water partition coefficient (Wildman–Crippen LogP) is 1.13. The van der Waals surface area contributed by atoms with Crippen LogP contribution in [-0.2, 0) is 25.1 Å². The van der Waals surface area contributed by atoms with E-state index >= 15 is 0 Å². The molecule has 0 N–H and O–H groups in total. The van der Waals surface area contributed by atoms with Crippen LogP contribution in [0, 0.1) is 0 Å². The van der Waals surface area contributed by atoms with E-state index in [1.165, 1.54) is 13.2 Å². The van der Waals surface area contributed by atoms with Gasteiger partial charge in [-0.2, -0.15) is 0 Å². The van der Waals surface area contributed by atoms with Gasteiger partial charge in [-0.05, 0) is 12.8 Å². The van der Waals surface area contributed by atoms with Crippen LogP contribution in [0.2, 0.25) is 0 Å². The molecule has 3 atom stereocenters. The highest BCUT2D eigenvalue weighted by molar-refractivity contribution is 7.89. The molecule has 1 saturated heterocycles. The summed E-state index contributed by atoms with van der Waals surface area (Å²) in [5, 5.41) is 0.0680. The van der Waals surface area contributed by atoms with Crippen LogP contribution in [0.15, 0.2) is 11.0 Å². The molecule has 2 rings (SSSR count). The topological polar surface area (TPSA) is 52.6 Å². The maximum Gasteiger partial charge on any atom is 0.331 e. The standard InChI is InChI=1S/C11H16O4S/c1-14-11(12)6-8-7-15-9-4-2-3-5-10(9)16(8)13/h6,9-10H,2-5,7H2,1H3/b8-6+/t9-,10-,16?/m1/s1. The average molecular weight is 244 g/mol. The molecule has 90 valence electrons. The van der Waals surface area contributed by atoms with Crippen LogP contribution in [0.5, 0.6) is 0 Å². The number of ether oxygens (including phenoxy) is 2. The Kier molecular flexibility index (Phi) is 3.76. The first-order chi connectivity index (χ1) is 7.72. The zero-order valence-corrected chi connectivity index (χ0v) is 10.1. The van der Waals surface area contributed by atoms with Crippen molar-refractivity contribution in [1.82, 2.24) is 0 Å². The molecule has 16 heavy (non-hydrogen) atoms. The van der Waals surface area contributed by atoms with Crippen molar-refractivity contribution in [2.24, 2.45) is 0 Å². The summed E-state index contributed by atoms with van der Waals surface area (Å²) in [7, 11) is 0.233. The van der Waals surface area contributed by atoms with E-state index in [0.717, 1.165) is 25.7 Å². The van der Waals surface area contributed by atoms with Gasteiger partial charge in [0.25, 0.3) is 0 Å². The third-order valence-corrected chi connectivity index (χ3v) is 4.94. The molecule has 0 aromatic heterocycles. The molecule has 0 bridgehead atoms. The molecule has 1 aliphatic carbocycles. The number of rotatable bonds is 1. The molecule has 0 aromatic rings. The molecule has 1 aliphatic heterocycles. The molecule has 5 heteroatoms. The van der Waals surface area contributed by atoms with Crippen molar-refractivity contribution in [2.45, 2.75) is 37.0 Å². The number of hydrogen-bond acceptors (Lipinski definition) is 4. The van der Waals surface area contributed by atoms with Crippen molar-refractivity contribution in [3.05, 3.63) is 11.0 Å². The number of fused-ring (bicyclic) bond motifs is 1. The fraction of sp³-hybridized carbons (Fsp3) is 0.727. The molecular weight excluding hydrogens is 228 g/mol. The highest BCUT2D eigenvalue weighted by Crippen LogP contribution is 2.32. The van der Waals surface area contributed by atoms with Crippen LogP contribution < -0.4 is 0 Å². The fourth-order valence-electron chi connectivity index (χ4n) is 2.23. The van der Waals surface area contributed by atoms with Crippen molar-refractivity contribution in [1.29, 1.82) is 0 Å². The van der Waals surface area contributed by atoms with Gasteiger partial charge in [-0.25, -0.2) is 4.79 Å². The smallest absolute Gasteiger partial charge is 0.331 e. The van der Waals surface area contributed by atoms with Crippen LogP contribution in [-0.4, -0.2) is 35.2 Å². The summed E-state index contributed by atoms with van der Waals surface area (Å²) in [6, 6.07) is 0. The van der Waals surface area contributed by atoms with Crippen molar-refractivity contribution >= 4 is 16.8 Å². The molecule has 1 saturated carbocycles. The third-order valence-electron chi connectivity index (χ3n) is 3.10. The lowest BCUT2D eigenvalue weighted by molar-refractivity contribution is -0.134. The minimum absolute atomic E-state index is 0.0680. The second-order valence-corrected chi connectivity index (χ2v) is 5.83. The molecule has 0 spiro atoms. The molecule has 2 aliphatic rings. The zero-order valence-electron chi connectivity index (χ0n) is 9.31. The average Bonchev–Trinajstić information content (AvgIpc) is 2.33. The molecule has 1 heterocycles. The quantitative estimate of drug-likeness (QED) is 0.512. The van der Waals surface area contributed by atoms with Gasteiger partial charge in [0.05, 0.1) is 35.9 Å². The maximum absolute atomic E-state index is 12.2. The Morgan fingerprint density at radius 3 is 3.00 bits per heavy atom. The summed E-state index contributed by atoms with van der Waals surface area (Å²) in [5.74, 6) is -0.457. The lowest BCUT2D eigenvalue weighted by Gasteiger charge is -2.35. The Bertz CT molecular complexity index is 337. The van der Waals surface area contributed by atoms with Gasteiger partial charge in [0.15, 0.2) is 0 Å². The van der Waals surface area contributed by atoms with Crippen molar-refractivity contribution < 1.29 is 18.5 Å². The van der Waals surface area contributed by atoms with Gasteiger partial charge < -0.3 is 9.47 Å². The molecule has 1 unspecified atom stereocenters. The van der Waals surface area contributed by atoms with E-state index in [0.29, 0.717) is 11.5 Å². The van der Waals surface area contributed by atoms with E-state index in [4.69, 9.17) is 4.74 Å². The minimum atomic E-state index is -1.08. The molecular formula is C11H16O4S. The SMILES string of the molecule is COC(=O)/C=C1\CO[C@@H]2CCCC[C@H]2S1=O. The summed E-state index contributed by atoms with van der Waals surface area (Å²) in [5.41, 5.74) is 0. The van der Waals surface area contributed by atoms with E-state index in [-0.39, 0.29) is 11.4 Å². The van der Waals surface area contributed by atoms with Crippen LogP contribution in [0.1, 0.15) is 25.7 Å². The van der Waals surface area contributed by atoms with Crippen molar-refractivity contribution in [2.75, 3.05) is 13.7 Å². The summed E-state index contributed by atoms with van der Waals surface area (Å²) in [4.78, 5) is 11.7. The van der Waals surface area contributed by atoms with Gasteiger partial charge >= 0.3 is 5.97 Å². The number of carbonyl (C=O) groups excluding carboxylic acids is 1. The Hall–Kier alpha value is -0.680. The number of esters is 1. The largest absolute Gasteiger partial charge is 0.466 e. The summed E-state index contributed by atoms with van der Waals surface area (Å²) >= 11 is 0. The lowest BCUT2D eigenvalue weighted by Crippen LogP contribution is -2.41. The highest BCUT2D eigenvalue weighted by Gasteiger charge is 2.36. The first-order valence-electron chi connectivity index (χ1n) is 5.53. The summed E-state index contributed by atoms with van der Waals surface area (Å²) < 4.78 is 22.3. The Balaban J connectivity index is 2.11. The van der Waals surface area contributed by atoms with Crippen LogP contribution in [0.4, 0.5) is 0 Å². The first kappa shape index (κ1) is 11.8. The van der Waals surface area contributed by atoms with Gasteiger partial charge in [0.1, 0.15) is 0 Å². The van der Waals surface area contributed by atoms with Gasteiger partial charge in [-0.3, -0.25) is 4.21 Å².